The summed E-state index contributed by atoms with van der Waals surface area (Å²) in [5, 5.41) is 3.90. The van der Waals surface area contributed by atoms with Crippen LogP contribution in [0.15, 0.2) is 24.3 Å². The van der Waals surface area contributed by atoms with Gasteiger partial charge in [0.05, 0.1) is 13.2 Å². The molecule has 25 heavy (non-hydrogen) atoms. The fraction of sp³-hybridized carbons (Fsp3) is 0.632. The molecule has 6 heteroatoms. The van der Waals surface area contributed by atoms with Crippen molar-refractivity contribution in [3.05, 3.63) is 34.9 Å². The van der Waals surface area contributed by atoms with E-state index in [0.29, 0.717) is 0 Å². The van der Waals surface area contributed by atoms with Crippen LogP contribution >= 0.6 is 11.6 Å². The van der Waals surface area contributed by atoms with Gasteiger partial charge in [-0.05, 0) is 43.6 Å². The van der Waals surface area contributed by atoms with Crippen molar-refractivity contribution in [3.8, 4) is 0 Å². The number of amides is 1. The summed E-state index contributed by atoms with van der Waals surface area (Å²) in [7, 11) is 0. The molecule has 2 aliphatic heterocycles. The Labute approximate surface area is 155 Å². The number of carbonyl (C=O) groups excluding carboxylic acids is 1. The van der Waals surface area contributed by atoms with Gasteiger partial charge in [-0.25, -0.2) is 0 Å². The van der Waals surface area contributed by atoms with Crippen molar-refractivity contribution < 1.29 is 9.53 Å². The van der Waals surface area contributed by atoms with Gasteiger partial charge >= 0.3 is 0 Å². The first-order valence-electron chi connectivity index (χ1n) is 9.25. The van der Waals surface area contributed by atoms with E-state index in [4.69, 9.17) is 16.3 Å². The molecule has 1 amide bonds. The Bertz CT molecular complexity index is 555. The van der Waals surface area contributed by atoms with Crippen LogP contribution in [0.4, 0.5) is 0 Å². The molecule has 2 fully saturated rings. The average molecular weight is 366 g/mol. The summed E-state index contributed by atoms with van der Waals surface area (Å²) in [5.74, 6) is 0.371. The first-order valence-corrected chi connectivity index (χ1v) is 9.63. The molecule has 138 valence electrons. The summed E-state index contributed by atoms with van der Waals surface area (Å²) in [6.07, 6.45) is 1.87. The summed E-state index contributed by atoms with van der Waals surface area (Å²) in [6, 6.07) is 8.02. The first kappa shape index (κ1) is 18.6. The van der Waals surface area contributed by atoms with E-state index in [9.17, 15) is 4.79 Å². The van der Waals surface area contributed by atoms with Crippen LogP contribution in [0.1, 0.15) is 18.4 Å². The van der Waals surface area contributed by atoms with Gasteiger partial charge in [0.2, 0.25) is 5.91 Å². The lowest BCUT2D eigenvalue weighted by Crippen LogP contribution is -2.44. The van der Waals surface area contributed by atoms with Crippen LogP contribution in [0.2, 0.25) is 5.02 Å². The molecule has 0 radical (unpaired) electrons. The van der Waals surface area contributed by atoms with Gasteiger partial charge in [0.25, 0.3) is 0 Å². The van der Waals surface area contributed by atoms with E-state index < -0.39 is 0 Å². The standard InChI is InChI=1S/C19H28ClN3O2/c20-18-3-1-2-16(14-18)15-23-7-4-17(5-8-23)19(24)21-6-9-22-10-12-25-13-11-22/h1-3,14,17H,4-13,15H2,(H,21,24). The topological polar surface area (TPSA) is 44.8 Å². The molecular weight excluding hydrogens is 338 g/mol. The Morgan fingerprint density at radius 1 is 1.16 bits per heavy atom. The van der Waals surface area contributed by atoms with Gasteiger partial charge in [0.15, 0.2) is 0 Å². The summed E-state index contributed by atoms with van der Waals surface area (Å²) in [5.41, 5.74) is 1.24. The molecule has 5 nitrogen and oxygen atoms in total. The number of benzene rings is 1. The highest BCUT2D eigenvalue weighted by molar-refractivity contribution is 6.30. The lowest BCUT2D eigenvalue weighted by atomic mass is 9.95. The largest absolute Gasteiger partial charge is 0.379 e. The number of carbonyl (C=O) groups is 1. The van der Waals surface area contributed by atoms with Crippen molar-refractivity contribution in [1.29, 1.82) is 0 Å². The smallest absolute Gasteiger partial charge is 0.223 e. The van der Waals surface area contributed by atoms with Crippen LogP contribution in [0.3, 0.4) is 0 Å². The van der Waals surface area contributed by atoms with Gasteiger partial charge in [-0.2, -0.15) is 0 Å². The number of halogens is 1. The molecule has 0 saturated carbocycles. The molecule has 1 aromatic carbocycles. The predicted molar refractivity (Wildman–Crippen MR) is 99.7 cm³/mol. The summed E-state index contributed by atoms with van der Waals surface area (Å²) in [4.78, 5) is 17.1. The van der Waals surface area contributed by atoms with Gasteiger partial charge in [-0.1, -0.05) is 23.7 Å². The third-order valence-corrected chi connectivity index (χ3v) is 5.32. The van der Waals surface area contributed by atoms with Gasteiger partial charge in [-0.3, -0.25) is 14.6 Å². The fourth-order valence-corrected chi connectivity index (χ4v) is 3.77. The maximum Gasteiger partial charge on any atom is 0.223 e. The molecule has 0 unspecified atom stereocenters. The molecule has 1 aromatic rings. The molecule has 1 N–H and O–H groups in total. The number of nitrogens with zero attached hydrogens (tertiary/aromatic N) is 2. The Balaban J connectivity index is 1.34. The van der Waals surface area contributed by atoms with Gasteiger partial charge in [0, 0.05) is 43.7 Å². The molecule has 2 heterocycles. The van der Waals surface area contributed by atoms with Crippen LogP contribution in [-0.2, 0) is 16.1 Å². The second-order valence-corrected chi connectivity index (χ2v) is 7.36. The second-order valence-electron chi connectivity index (χ2n) is 6.93. The highest BCUT2D eigenvalue weighted by atomic mass is 35.5. The highest BCUT2D eigenvalue weighted by Crippen LogP contribution is 2.20. The van der Waals surface area contributed by atoms with Crippen molar-refractivity contribution in [1.82, 2.24) is 15.1 Å². The number of hydrogen-bond acceptors (Lipinski definition) is 4. The third-order valence-electron chi connectivity index (χ3n) is 5.08. The molecule has 2 saturated heterocycles. The maximum absolute atomic E-state index is 12.4. The quantitative estimate of drug-likeness (QED) is 0.837. The SMILES string of the molecule is O=C(NCCN1CCOCC1)C1CCN(Cc2cccc(Cl)c2)CC1. The van der Waals surface area contributed by atoms with Gasteiger partial charge in [-0.15, -0.1) is 0 Å². The van der Waals surface area contributed by atoms with Crippen LogP contribution in [0.25, 0.3) is 0 Å². The summed E-state index contributed by atoms with van der Waals surface area (Å²) in [6.45, 7) is 8.05. The normalized spacial score (nSPS) is 20.5. The number of hydrogen-bond donors (Lipinski definition) is 1. The number of ether oxygens (including phenoxy) is 1. The average Bonchev–Trinajstić information content (AvgIpc) is 2.63. The van der Waals surface area contributed by atoms with E-state index in [1.54, 1.807) is 0 Å². The predicted octanol–water partition coefficient (Wildman–Crippen LogP) is 2.00. The number of morpholine rings is 1. The Morgan fingerprint density at radius 2 is 1.92 bits per heavy atom. The fourth-order valence-electron chi connectivity index (χ4n) is 3.55. The summed E-state index contributed by atoms with van der Waals surface area (Å²) >= 11 is 6.05. The van der Waals surface area contributed by atoms with Crippen molar-refractivity contribution in [3.63, 3.8) is 0 Å². The minimum Gasteiger partial charge on any atom is -0.379 e. The highest BCUT2D eigenvalue weighted by Gasteiger charge is 2.24. The van der Waals surface area contributed by atoms with Crippen molar-refractivity contribution >= 4 is 17.5 Å². The van der Waals surface area contributed by atoms with E-state index in [-0.39, 0.29) is 11.8 Å². The molecule has 0 spiro atoms. The summed E-state index contributed by atoms with van der Waals surface area (Å²) < 4.78 is 5.34. The number of nitrogens with one attached hydrogen (secondary N) is 1. The maximum atomic E-state index is 12.4. The van der Waals surface area contributed by atoms with Gasteiger partial charge in [0.1, 0.15) is 0 Å². The number of piperidine rings is 1. The molecule has 0 atom stereocenters. The van der Waals surface area contributed by atoms with Crippen molar-refractivity contribution in [2.24, 2.45) is 5.92 Å². The van der Waals surface area contributed by atoms with E-state index in [0.717, 1.165) is 76.9 Å². The third kappa shape index (κ3) is 5.96. The van der Waals surface area contributed by atoms with Crippen LogP contribution in [-0.4, -0.2) is 68.2 Å². The monoisotopic (exact) mass is 365 g/mol. The second kappa shape index (κ2) is 9.53. The van der Waals surface area contributed by atoms with E-state index in [1.807, 2.05) is 18.2 Å². The molecule has 2 aliphatic rings. The molecule has 0 aliphatic carbocycles. The van der Waals surface area contributed by atoms with Crippen molar-refractivity contribution in [2.75, 3.05) is 52.5 Å². The number of likely N-dealkylation sites (tertiary alicyclic amines) is 1. The molecular formula is C19H28ClN3O2. The first-order chi connectivity index (χ1) is 12.2. The Kier molecular flexibility index (Phi) is 7.11. The van der Waals surface area contributed by atoms with E-state index in [1.165, 1.54) is 5.56 Å². The van der Waals surface area contributed by atoms with Crippen LogP contribution in [0, 0.1) is 5.92 Å². The lowest BCUT2D eigenvalue weighted by molar-refractivity contribution is -0.126. The molecule has 3 rings (SSSR count). The molecule has 0 bridgehead atoms. The van der Waals surface area contributed by atoms with Crippen LogP contribution in [0.5, 0.6) is 0 Å². The minimum atomic E-state index is 0.153. The van der Waals surface area contributed by atoms with Crippen LogP contribution < -0.4 is 5.32 Å². The lowest BCUT2D eigenvalue weighted by Gasteiger charge is -2.31. The Morgan fingerprint density at radius 3 is 2.64 bits per heavy atom. The van der Waals surface area contributed by atoms with Gasteiger partial charge < -0.3 is 10.1 Å². The zero-order chi connectivity index (χ0) is 17.5. The zero-order valence-electron chi connectivity index (χ0n) is 14.8. The zero-order valence-corrected chi connectivity index (χ0v) is 15.5. The minimum absolute atomic E-state index is 0.153. The number of rotatable bonds is 6. The Hall–Kier alpha value is -1.14. The molecule has 0 aromatic heterocycles. The van der Waals surface area contributed by atoms with E-state index >= 15 is 0 Å². The van der Waals surface area contributed by atoms with E-state index in [2.05, 4.69) is 21.2 Å². The van der Waals surface area contributed by atoms with Crippen molar-refractivity contribution in [2.45, 2.75) is 19.4 Å².